The molecule has 0 radical (unpaired) electrons. The Labute approximate surface area is 440 Å². The van der Waals surface area contributed by atoms with Gasteiger partial charge in [-0.05, 0) is 109 Å². The third-order valence-electron chi connectivity index (χ3n) is 13.2. The second-order valence-electron chi connectivity index (χ2n) is 20.2. The molecule has 0 spiro atoms. The van der Waals surface area contributed by atoms with Gasteiger partial charge in [0.1, 0.15) is 13.2 Å². The van der Waals surface area contributed by atoms with Crippen molar-refractivity contribution in [3.63, 3.8) is 0 Å². The van der Waals surface area contributed by atoms with Crippen molar-refractivity contribution < 1.29 is 28.6 Å². The predicted octanol–water partition coefficient (Wildman–Crippen LogP) is 20.5. The summed E-state index contributed by atoms with van der Waals surface area (Å²) >= 11 is 0. The highest BCUT2D eigenvalue weighted by Gasteiger charge is 2.19. The quantitative estimate of drug-likeness (QED) is 0.0261. The van der Waals surface area contributed by atoms with Gasteiger partial charge in [-0.1, -0.05) is 248 Å². The highest BCUT2D eigenvalue weighted by atomic mass is 16.6. The van der Waals surface area contributed by atoms with Gasteiger partial charge in [-0.25, -0.2) is 0 Å². The average molecular weight is 992 g/mol. The summed E-state index contributed by atoms with van der Waals surface area (Å²) in [5.41, 5.74) is 0. The van der Waals surface area contributed by atoms with Crippen molar-refractivity contribution in [3.8, 4) is 0 Å². The molecule has 0 saturated carbocycles. The molecule has 0 aromatic carbocycles. The average Bonchev–Trinajstić information content (AvgIpc) is 3.37. The fourth-order valence-corrected chi connectivity index (χ4v) is 8.60. The lowest BCUT2D eigenvalue weighted by Crippen LogP contribution is -2.30. The minimum Gasteiger partial charge on any atom is -0.462 e. The largest absolute Gasteiger partial charge is 0.462 e. The number of rotatable bonds is 55. The van der Waals surface area contributed by atoms with Gasteiger partial charge in [-0.3, -0.25) is 14.4 Å². The lowest BCUT2D eigenvalue weighted by atomic mass is 10.1. The maximum Gasteiger partial charge on any atom is 0.306 e. The molecular formula is C65H114O6. The summed E-state index contributed by atoms with van der Waals surface area (Å²) in [7, 11) is 0. The third kappa shape index (κ3) is 57.6. The van der Waals surface area contributed by atoms with Crippen molar-refractivity contribution in [2.24, 2.45) is 0 Å². The van der Waals surface area contributed by atoms with E-state index in [0.29, 0.717) is 19.3 Å². The molecule has 1 atom stereocenters. The van der Waals surface area contributed by atoms with Crippen LogP contribution < -0.4 is 0 Å². The lowest BCUT2D eigenvalue weighted by molar-refractivity contribution is -0.167. The Morgan fingerprint density at radius 1 is 0.296 bits per heavy atom. The number of esters is 3. The van der Waals surface area contributed by atoms with Crippen LogP contribution in [0.4, 0.5) is 0 Å². The van der Waals surface area contributed by atoms with Crippen molar-refractivity contribution in [2.75, 3.05) is 13.2 Å². The zero-order valence-corrected chi connectivity index (χ0v) is 47.0. The summed E-state index contributed by atoms with van der Waals surface area (Å²) in [4.78, 5) is 38.3. The van der Waals surface area contributed by atoms with Gasteiger partial charge in [-0.2, -0.15) is 0 Å². The topological polar surface area (TPSA) is 78.9 Å². The molecule has 410 valence electrons. The summed E-state index contributed by atoms with van der Waals surface area (Å²) in [6, 6.07) is 0. The smallest absolute Gasteiger partial charge is 0.306 e. The van der Waals surface area contributed by atoms with Gasteiger partial charge in [0.15, 0.2) is 6.10 Å². The normalized spacial score (nSPS) is 12.5. The number of hydrogen-bond acceptors (Lipinski definition) is 6. The van der Waals surface area contributed by atoms with Crippen molar-refractivity contribution in [1.82, 2.24) is 0 Å². The molecular weight excluding hydrogens is 877 g/mol. The first-order valence-corrected chi connectivity index (χ1v) is 30.4. The Kier molecular flexibility index (Phi) is 56.8. The number of ether oxygens (including phenoxy) is 3. The van der Waals surface area contributed by atoms with E-state index in [4.69, 9.17) is 14.2 Å². The van der Waals surface area contributed by atoms with Crippen molar-refractivity contribution in [3.05, 3.63) is 72.9 Å². The van der Waals surface area contributed by atoms with Crippen LogP contribution in [0.1, 0.15) is 303 Å². The van der Waals surface area contributed by atoms with Crippen LogP contribution in [0.15, 0.2) is 72.9 Å². The Bertz CT molecular complexity index is 1320. The summed E-state index contributed by atoms with van der Waals surface area (Å²) < 4.78 is 16.9. The van der Waals surface area contributed by atoms with E-state index in [9.17, 15) is 14.4 Å². The number of unbranched alkanes of at least 4 members (excludes halogenated alkanes) is 32. The molecule has 0 rings (SSSR count). The van der Waals surface area contributed by atoms with E-state index in [-0.39, 0.29) is 31.1 Å². The minimum absolute atomic E-state index is 0.0830. The van der Waals surface area contributed by atoms with Crippen LogP contribution in [0.5, 0.6) is 0 Å². The molecule has 0 fully saturated rings. The standard InChI is InChI=1S/C65H114O6/c1-4-7-10-13-16-19-22-25-28-30-32-34-37-40-43-46-49-52-55-58-64(67)70-61-62(60-69-63(66)57-54-51-48-45-42-39-36-27-24-21-18-15-12-9-6-3)71-65(68)59-56-53-50-47-44-41-38-35-33-31-29-26-23-20-17-14-11-8-5-2/h9,12,16,18-19,21,25-29,36,62H,4-8,10-11,13-15,17,20,22-24,30-35,37-61H2,1-3H3/b12-9-,19-16-,21-18-,28-25-,29-26-,36-27-/t62-/m1/s1. The van der Waals surface area contributed by atoms with Crippen LogP contribution >= 0.6 is 0 Å². The SMILES string of the molecule is CC/C=C\C/C=C\C/C=C\CCCCCCCC(=O)OC[C@H](COC(=O)CCCCCCCCCCC/C=C\C/C=C\CCCCC)OC(=O)CCCCCCCCCCC/C=C\CCCCCCCC. The fraction of sp³-hybridized carbons (Fsp3) is 0.769. The van der Waals surface area contributed by atoms with E-state index in [1.54, 1.807) is 0 Å². The van der Waals surface area contributed by atoms with E-state index in [2.05, 4.69) is 93.7 Å². The van der Waals surface area contributed by atoms with Gasteiger partial charge in [0.2, 0.25) is 0 Å². The van der Waals surface area contributed by atoms with Crippen LogP contribution in [0, 0.1) is 0 Å². The van der Waals surface area contributed by atoms with E-state index in [0.717, 1.165) is 103 Å². The Hall–Kier alpha value is -3.15. The Balaban J connectivity index is 4.38. The molecule has 0 saturated heterocycles. The number of hydrogen-bond donors (Lipinski definition) is 0. The summed E-state index contributed by atoms with van der Waals surface area (Å²) in [5.74, 6) is -0.895. The molecule has 0 bridgehead atoms. The van der Waals surface area contributed by atoms with Crippen molar-refractivity contribution in [1.29, 1.82) is 0 Å². The second kappa shape index (κ2) is 59.4. The lowest BCUT2D eigenvalue weighted by Gasteiger charge is -2.18. The van der Waals surface area contributed by atoms with Gasteiger partial charge >= 0.3 is 17.9 Å². The summed E-state index contributed by atoms with van der Waals surface area (Å²) in [5, 5.41) is 0. The van der Waals surface area contributed by atoms with Gasteiger partial charge in [0.05, 0.1) is 0 Å². The molecule has 0 amide bonds. The molecule has 6 nitrogen and oxygen atoms in total. The molecule has 0 aromatic heterocycles. The molecule has 0 N–H and O–H groups in total. The van der Waals surface area contributed by atoms with Gasteiger partial charge in [-0.15, -0.1) is 0 Å². The first-order valence-electron chi connectivity index (χ1n) is 30.4. The van der Waals surface area contributed by atoms with Crippen LogP contribution in [0.25, 0.3) is 0 Å². The Morgan fingerprint density at radius 3 is 0.901 bits per heavy atom. The van der Waals surface area contributed by atoms with E-state index in [1.807, 2.05) is 0 Å². The van der Waals surface area contributed by atoms with Crippen LogP contribution in [-0.4, -0.2) is 37.2 Å². The molecule has 71 heavy (non-hydrogen) atoms. The monoisotopic (exact) mass is 991 g/mol. The first-order chi connectivity index (χ1) is 35.0. The highest BCUT2D eigenvalue weighted by Crippen LogP contribution is 2.16. The maximum atomic E-state index is 12.9. The fourth-order valence-electron chi connectivity index (χ4n) is 8.60. The molecule has 0 aromatic rings. The molecule has 6 heteroatoms. The molecule has 0 unspecified atom stereocenters. The molecule has 0 heterocycles. The molecule has 0 aliphatic rings. The zero-order valence-electron chi connectivity index (χ0n) is 47.0. The van der Waals surface area contributed by atoms with E-state index in [1.165, 1.54) is 161 Å². The number of carbonyl (C=O) groups excluding carboxylic acids is 3. The number of allylic oxidation sites excluding steroid dienone is 12. The van der Waals surface area contributed by atoms with Gasteiger partial charge in [0.25, 0.3) is 0 Å². The minimum atomic E-state index is -0.786. The van der Waals surface area contributed by atoms with E-state index < -0.39 is 6.10 Å². The van der Waals surface area contributed by atoms with Crippen molar-refractivity contribution >= 4 is 17.9 Å². The summed E-state index contributed by atoms with van der Waals surface area (Å²) in [6.07, 6.45) is 76.1. The zero-order chi connectivity index (χ0) is 51.4. The van der Waals surface area contributed by atoms with E-state index >= 15 is 0 Å². The predicted molar refractivity (Wildman–Crippen MR) is 307 cm³/mol. The summed E-state index contributed by atoms with van der Waals surface area (Å²) in [6.45, 7) is 6.51. The van der Waals surface area contributed by atoms with Crippen LogP contribution in [0.2, 0.25) is 0 Å². The maximum absolute atomic E-state index is 12.9. The highest BCUT2D eigenvalue weighted by molar-refractivity contribution is 5.71. The van der Waals surface area contributed by atoms with Crippen LogP contribution in [0.3, 0.4) is 0 Å². The number of carbonyl (C=O) groups is 3. The first kappa shape index (κ1) is 67.8. The Morgan fingerprint density at radius 2 is 0.549 bits per heavy atom. The molecule has 0 aliphatic heterocycles. The second-order valence-corrected chi connectivity index (χ2v) is 20.2. The molecule has 0 aliphatic carbocycles. The third-order valence-corrected chi connectivity index (χ3v) is 13.2. The van der Waals surface area contributed by atoms with Crippen molar-refractivity contribution in [2.45, 2.75) is 309 Å². The van der Waals surface area contributed by atoms with Gasteiger partial charge < -0.3 is 14.2 Å². The van der Waals surface area contributed by atoms with Crippen LogP contribution in [-0.2, 0) is 28.6 Å². The van der Waals surface area contributed by atoms with Gasteiger partial charge in [0, 0.05) is 19.3 Å².